The maximum Gasteiger partial charge on any atom is 0.164 e. The zero-order valence-corrected chi connectivity index (χ0v) is 10.3. The topological polar surface area (TPSA) is 27.7 Å². The number of hydrogen-bond donors (Lipinski definition) is 0. The molecule has 0 aromatic heterocycles. The summed E-state index contributed by atoms with van der Waals surface area (Å²) in [4.78, 5) is 0. The van der Waals surface area contributed by atoms with Gasteiger partial charge in [0.1, 0.15) is 12.2 Å². The summed E-state index contributed by atoms with van der Waals surface area (Å²) in [7, 11) is 0. The Bertz CT molecular complexity index is 207. The van der Waals surface area contributed by atoms with E-state index in [0.29, 0.717) is 0 Å². The van der Waals surface area contributed by atoms with E-state index in [-0.39, 0.29) is 24.4 Å². The summed E-state index contributed by atoms with van der Waals surface area (Å²) >= 11 is 2.33. The number of halogens is 1. The lowest BCUT2D eigenvalue weighted by Gasteiger charge is -2.22. The lowest BCUT2D eigenvalue weighted by atomic mass is 10.1. The zero-order chi connectivity index (χ0) is 9.64. The highest BCUT2D eigenvalue weighted by Gasteiger charge is 2.53. The standard InChI is InChI=1S/C9H15IO3/c1-5-7-8(6(4-10)11-5)13-9(2,3)12-7/h5-8H,4H2,1-3H3/t5-,6+,7?,8+/m0/s1. The molecule has 0 saturated carbocycles. The molecule has 4 atom stereocenters. The summed E-state index contributed by atoms with van der Waals surface area (Å²) in [6.07, 6.45) is 0.602. The predicted octanol–water partition coefficient (Wildman–Crippen LogP) is 1.73. The number of fused-ring (bicyclic) bond motifs is 1. The molecule has 0 spiro atoms. The fraction of sp³-hybridized carbons (Fsp3) is 1.00. The van der Waals surface area contributed by atoms with Crippen molar-refractivity contribution in [2.45, 2.75) is 51.0 Å². The van der Waals surface area contributed by atoms with Gasteiger partial charge in [-0.2, -0.15) is 0 Å². The maximum absolute atomic E-state index is 5.79. The van der Waals surface area contributed by atoms with Crippen LogP contribution in [0.15, 0.2) is 0 Å². The molecule has 13 heavy (non-hydrogen) atoms. The van der Waals surface area contributed by atoms with E-state index in [1.165, 1.54) is 0 Å². The van der Waals surface area contributed by atoms with Gasteiger partial charge in [-0.15, -0.1) is 0 Å². The van der Waals surface area contributed by atoms with E-state index < -0.39 is 5.79 Å². The first-order chi connectivity index (χ1) is 6.03. The van der Waals surface area contributed by atoms with Gasteiger partial charge in [0.2, 0.25) is 0 Å². The summed E-state index contributed by atoms with van der Waals surface area (Å²) in [5.74, 6) is -0.433. The third-order valence-electron chi connectivity index (χ3n) is 2.53. The van der Waals surface area contributed by atoms with Crippen LogP contribution in [0.5, 0.6) is 0 Å². The minimum atomic E-state index is -0.433. The van der Waals surface area contributed by atoms with Gasteiger partial charge in [-0.1, -0.05) is 22.6 Å². The highest BCUT2D eigenvalue weighted by Crippen LogP contribution is 2.38. The molecular weight excluding hydrogens is 283 g/mol. The minimum Gasteiger partial charge on any atom is -0.369 e. The van der Waals surface area contributed by atoms with E-state index in [1.807, 2.05) is 13.8 Å². The molecule has 76 valence electrons. The predicted molar refractivity (Wildman–Crippen MR) is 57.0 cm³/mol. The maximum atomic E-state index is 5.79. The average Bonchev–Trinajstić information content (AvgIpc) is 2.47. The fourth-order valence-electron chi connectivity index (χ4n) is 2.02. The van der Waals surface area contributed by atoms with Crippen LogP contribution < -0.4 is 0 Å². The van der Waals surface area contributed by atoms with Crippen LogP contribution in [0.2, 0.25) is 0 Å². The zero-order valence-electron chi connectivity index (χ0n) is 8.12. The minimum absolute atomic E-state index is 0.120. The third-order valence-corrected chi connectivity index (χ3v) is 3.40. The normalized spacial score (nSPS) is 48.0. The van der Waals surface area contributed by atoms with Gasteiger partial charge in [0.25, 0.3) is 0 Å². The molecule has 0 aliphatic carbocycles. The lowest BCUT2D eigenvalue weighted by Crippen LogP contribution is -2.30. The fourth-order valence-corrected chi connectivity index (χ4v) is 2.73. The molecule has 0 aromatic rings. The molecule has 1 unspecified atom stereocenters. The molecule has 3 nitrogen and oxygen atoms in total. The molecule has 2 saturated heterocycles. The van der Waals surface area contributed by atoms with E-state index in [2.05, 4.69) is 29.5 Å². The van der Waals surface area contributed by atoms with Crippen LogP contribution in [-0.2, 0) is 14.2 Å². The molecule has 2 aliphatic heterocycles. The molecular formula is C9H15IO3. The summed E-state index contributed by atoms with van der Waals surface area (Å²) in [6.45, 7) is 5.97. The van der Waals surface area contributed by atoms with Crippen LogP contribution in [0.3, 0.4) is 0 Å². The summed E-state index contributed by atoms with van der Waals surface area (Å²) in [5, 5.41) is 0. The molecule has 0 N–H and O–H groups in total. The second kappa shape index (κ2) is 3.32. The first-order valence-corrected chi connectivity index (χ1v) is 6.13. The lowest BCUT2D eigenvalue weighted by molar-refractivity contribution is -0.182. The van der Waals surface area contributed by atoms with Gasteiger partial charge in [-0.05, 0) is 20.8 Å². The molecule has 0 aromatic carbocycles. The summed E-state index contributed by atoms with van der Waals surface area (Å²) < 4.78 is 18.2. The summed E-state index contributed by atoms with van der Waals surface area (Å²) in [6, 6.07) is 0. The van der Waals surface area contributed by atoms with Crippen LogP contribution in [0, 0.1) is 0 Å². The molecule has 2 rings (SSSR count). The van der Waals surface area contributed by atoms with Crippen molar-refractivity contribution in [3.8, 4) is 0 Å². The van der Waals surface area contributed by atoms with Crippen molar-refractivity contribution in [3.05, 3.63) is 0 Å². The number of rotatable bonds is 1. The van der Waals surface area contributed by atoms with Gasteiger partial charge in [0.05, 0.1) is 12.2 Å². The van der Waals surface area contributed by atoms with Crippen LogP contribution in [0.25, 0.3) is 0 Å². The van der Waals surface area contributed by atoms with E-state index in [0.717, 1.165) is 4.43 Å². The quantitative estimate of drug-likeness (QED) is 0.545. The van der Waals surface area contributed by atoms with Gasteiger partial charge >= 0.3 is 0 Å². The van der Waals surface area contributed by atoms with Crippen molar-refractivity contribution in [1.29, 1.82) is 0 Å². The second-order valence-electron chi connectivity index (χ2n) is 4.10. The smallest absolute Gasteiger partial charge is 0.164 e. The Labute approximate surface area is 92.2 Å². The highest BCUT2D eigenvalue weighted by atomic mass is 127. The Hall–Kier alpha value is 0.610. The Kier molecular flexibility index (Phi) is 2.59. The van der Waals surface area contributed by atoms with Gasteiger partial charge in [0.15, 0.2) is 5.79 Å². The van der Waals surface area contributed by atoms with Gasteiger partial charge < -0.3 is 14.2 Å². The first-order valence-electron chi connectivity index (χ1n) is 4.60. The second-order valence-corrected chi connectivity index (χ2v) is 4.98. The molecule has 0 radical (unpaired) electrons. The van der Waals surface area contributed by atoms with E-state index in [1.54, 1.807) is 0 Å². The van der Waals surface area contributed by atoms with Crippen LogP contribution in [0.4, 0.5) is 0 Å². The number of alkyl halides is 1. The Morgan fingerprint density at radius 1 is 1.23 bits per heavy atom. The molecule has 0 amide bonds. The highest BCUT2D eigenvalue weighted by molar-refractivity contribution is 14.1. The van der Waals surface area contributed by atoms with Crippen molar-refractivity contribution in [2.24, 2.45) is 0 Å². The van der Waals surface area contributed by atoms with Gasteiger partial charge in [-0.3, -0.25) is 0 Å². The molecule has 2 aliphatic rings. The summed E-state index contributed by atoms with van der Waals surface area (Å²) in [5.41, 5.74) is 0. The first kappa shape index (κ1) is 10.1. The SMILES string of the molecule is C[C@@H]1O[C@H](CI)[C@H]2OC(C)(C)OC12. The van der Waals surface area contributed by atoms with E-state index in [4.69, 9.17) is 14.2 Å². The molecule has 0 bridgehead atoms. The van der Waals surface area contributed by atoms with E-state index >= 15 is 0 Å². The van der Waals surface area contributed by atoms with Crippen molar-refractivity contribution < 1.29 is 14.2 Å². The Morgan fingerprint density at radius 2 is 1.85 bits per heavy atom. The molecule has 2 fully saturated rings. The largest absolute Gasteiger partial charge is 0.369 e. The number of hydrogen-bond acceptors (Lipinski definition) is 3. The van der Waals surface area contributed by atoms with Crippen molar-refractivity contribution in [3.63, 3.8) is 0 Å². The average molecular weight is 298 g/mol. The molecule has 2 heterocycles. The van der Waals surface area contributed by atoms with Crippen LogP contribution in [-0.4, -0.2) is 34.6 Å². The van der Waals surface area contributed by atoms with Crippen LogP contribution in [0.1, 0.15) is 20.8 Å². The van der Waals surface area contributed by atoms with Gasteiger partial charge in [0, 0.05) is 4.43 Å². The van der Waals surface area contributed by atoms with Crippen molar-refractivity contribution in [2.75, 3.05) is 4.43 Å². The van der Waals surface area contributed by atoms with Crippen LogP contribution >= 0.6 is 22.6 Å². The van der Waals surface area contributed by atoms with Crippen molar-refractivity contribution in [1.82, 2.24) is 0 Å². The Balaban J connectivity index is 2.12. The number of ether oxygens (including phenoxy) is 3. The van der Waals surface area contributed by atoms with Gasteiger partial charge in [-0.25, -0.2) is 0 Å². The Morgan fingerprint density at radius 3 is 2.46 bits per heavy atom. The van der Waals surface area contributed by atoms with Crippen molar-refractivity contribution >= 4 is 22.6 Å². The monoisotopic (exact) mass is 298 g/mol. The van der Waals surface area contributed by atoms with E-state index in [9.17, 15) is 0 Å². The third kappa shape index (κ3) is 1.73. The molecule has 4 heteroatoms.